The van der Waals surface area contributed by atoms with Gasteiger partial charge in [-0.2, -0.15) is 0 Å². The maximum atomic E-state index is 12.9. The first-order chi connectivity index (χ1) is 15.9. The summed E-state index contributed by atoms with van der Waals surface area (Å²) in [5.74, 6) is 0.0605. The SMILES string of the molecule is COC(=O)CCn1c(SCC(=O)NCCc2ccc(C(C)C)cc2)nc2ccccc2c1=O. The molecule has 1 aromatic heterocycles. The molecule has 2 aromatic carbocycles. The van der Waals surface area contributed by atoms with Gasteiger partial charge in [-0.1, -0.05) is 62.0 Å². The summed E-state index contributed by atoms with van der Waals surface area (Å²) in [6.45, 7) is 4.99. The zero-order valence-corrected chi connectivity index (χ0v) is 20.0. The number of ether oxygens (including phenoxy) is 1. The average Bonchev–Trinajstić information content (AvgIpc) is 2.82. The van der Waals surface area contributed by atoms with Crippen molar-refractivity contribution >= 4 is 34.5 Å². The topological polar surface area (TPSA) is 90.3 Å². The van der Waals surface area contributed by atoms with Crippen LogP contribution in [0.15, 0.2) is 58.5 Å². The van der Waals surface area contributed by atoms with Crippen molar-refractivity contribution in [2.45, 2.75) is 44.3 Å². The van der Waals surface area contributed by atoms with E-state index in [9.17, 15) is 14.4 Å². The van der Waals surface area contributed by atoms with Crippen LogP contribution in [0.1, 0.15) is 37.3 Å². The third-order valence-corrected chi connectivity index (χ3v) is 6.28. The highest BCUT2D eigenvalue weighted by atomic mass is 32.2. The molecule has 0 aliphatic heterocycles. The number of carbonyl (C=O) groups is 2. The number of fused-ring (bicyclic) bond motifs is 1. The quantitative estimate of drug-likeness (QED) is 0.279. The highest BCUT2D eigenvalue weighted by molar-refractivity contribution is 7.99. The van der Waals surface area contributed by atoms with E-state index >= 15 is 0 Å². The van der Waals surface area contributed by atoms with Crippen LogP contribution in [0.5, 0.6) is 0 Å². The van der Waals surface area contributed by atoms with Gasteiger partial charge in [0.2, 0.25) is 5.91 Å². The third kappa shape index (κ3) is 6.68. The number of amides is 1. The van der Waals surface area contributed by atoms with Crippen LogP contribution in [0.25, 0.3) is 10.9 Å². The highest BCUT2D eigenvalue weighted by Crippen LogP contribution is 2.18. The van der Waals surface area contributed by atoms with E-state index in [4.69, 9.17) is 4.74 Å². The molecule has 0 unspecified atom stereocenters. The predicted molar refractivity (Wildman–Crippen MR) is 131 cm³/mol. The number of carbonyl (C=O) groups excluding carboxylic acids is 2. The van der Waals surface area contributed by atoms with E-state index in [0.29, 0.717) is 28.5 Å². The number of para-hydroxylation sites is 1. The zero-order valence-electron chi connectivity index (χ0n) is 19.2. The second-order valence-corrected chi connectivity index (χ2v) is 8.92. The smallest absolute Gasteiger partial charge is 0.307 e. The van der Waals surface area contributed by atoms with Gasteiger partial charge >= 0.3 is 5.97 Å². The van der Waals surface area contributed by atoms with Crippen LogP contribution in [-0.2, 0) is 27.3 Å². The molecule has 0 radical (unpaired) electrons. The molecular formula is C25H29N3O4S. The number of hydrogen-bond acceptors (Lipinski definition) is 6. The molecule has 0 aliphatic rings. The van der Waals surface area contributed by atoms with Crippen molar-refractivity contribution in [1.82, 2.24) is 14.9 Å². The Labute approximate surface area is 197 Å². The van der Waals surface area contributed by atoms with Gasteiger partial charge in [0, 0.05) is 13.1 Å². The lowest BCUT2D eigenvalue weighted by atomic mass is 10.0. The van der Waals surface area contributed by atoms with Crippen molar-refractivity contribution in [2.75, 3.05) is 19.4 Å². The summed E-state index contributed by atoms with van der Waals surface area (Å²) in [4.78, 5) is 41.5. The van der Waals surface area contributed by atoms with Gasteiger partial charge in [-0.3, -0.25) is 19.0 Å². The summed E-state index contributed by atoms with van der Waals surface area (Å²) in [5, 5.41) is 3.80. The Balaban J connectivity index is 1.62. The minimum absolute atomic E-state index is 0.0474. The molecule has 0 fully saturated rings. The van der Waals surface area contributed by atoms with Gasteiger partial charge < -0.3 is 10.1 Å². The number of rotatable bonds is 10. The Morgan fingerprint density at radius 3 is 2.55 bits per heavy atom. The van der Waals surface area contributed by atoms with Gasteiger partial charge in [0.25, 0.3) is 5.56 Å². The Kier molecular flexibility index (Phi) is 8.65. The first-order valence-electron chi connectivity index (χ1n) is 10.9. The van der Waals surface area contributed by atoms with E-state index in [2.05, 4.69) is 48.4 Å². The lowest BCUT2D eigenvalue weighted by Crippen LogP contribution is -2.29. The van der Waals surface area contributed by atoms with Crippen LogP contribution in [0.2, 0.25) is 0 Å². The van der Waals surface area contributed by atoms with Gasteiger partial charge in [-0.25, -0.2) is 4.98 Å². The molecule has 0 atom stereocenters. The van der Waals surface area contributed by atoms with E-state index in [0.717, 1.165) is 6.42 Å². The predicted octanol–water partition coefficient (Wildman–Crippen LogP) is 3.53. The molecule has 0 saturated heterocycles. The summed E-state index contributed by atoms with van der Waals surface area (Å²) in [5.41, 5.74) is 2.78. The first kappa shape index (κ1) is 24.5. The number of benzene rings is 2. The number of nitrogens with one attached hydrogen (secondary N) is 1. The molecule has 1 N–H and O–H groups in total. The van der Waals surface area contributed by atoms with Crippen LogP contribution in [0.3, 0.4) is 0 Å². The second kappa shape index (κ2) is 11.7. The maximum absolute atomic E-state index is 12.9. The number of thioether (sulfide) groups is 1. The molecule has 0 saturated carbocycles. The molecule has 1 amide bonds. The van der Waals surface area contributed by atoms with Crippen molar-refractivity contribution in [1.29, 1.82) is 0 Å². The highest BCUT2D eigenvalue weighted by Gasteiger charge is 2.14. The molecule has 1 heterocycles. The van der Waals surface area contributed by atoms with Crippen molar-refractivity contribution in [3.8, 4) is 0 Å². The minimum Gasteiger partial charge on any atom is -0.469 e. The van der Waals surface area contributed by atoms with Crippen molar-refractivity contribution in [3.63, 3.8) is 0 Å². The standard InChI is InChI=1S/C25H29N3O4S/c1-17(2)19-10-8-18(9-11-19)12-14-26-22(29)16-33-25-27-21-7-5-4-6-20(21)24(31)28(25)15-13-23(30)32-3/h4-11,17H,12-16H2,1-3H3,(H,26,29). The fraction of sp³-hybridized carbons (Fsp3) is 0.360. The van der Waals surface area contributed by atoms with Gasteiger partial charge in [-0.15, -0.1) is 0 Å². The van der Waals surface area contributed by atoms with Gasteiger partial charge in [0.05, 0.1) is 30.2 Å². The molecule has 0 bridgehead atoms. The molecule has 174 valence electrons. The molecule has 7 nitrogen and oxygen atoms in total. The number of hydrogen-bond donors (Lipinski definition) is 1. The van der Waals surface area contributed by atoms with Crippen molar-refractivity contribution in [2.24, 2.45) is 0 Å². The third-order valence-electron chi connectivity index (χ3n) is 5.31. The van der Waals surface area contributed by atoms with E-state index < -0.39 is 5.97 Å². The largest absolute Gasteiger partial charge is 0.469 e. The number of methoxy groups -OCH3 is 1. The molecular weight excluding hydrogens is 438 g/mol. The van der Waals surface area contributed by atoms with Gasteiger partial charge in [-0.05, 0) is 35.6 Å². The Hall–Kier alpha value is -3.13. The monoisotopic (exact) mass is 467 g/mol. The van der Waals surface area contributed by atoms with E-state index in [1.54, 1.807) is 18.2 Å². The number of aromatic nitrogens is 2. The summed E-state index contributed by atoms with van der Waals surface area (Å²) in [7, 11) is 1.31. The van der Waals surface area contributed by atoms with Gasteiger partial charge in [0.1, 0.15) is 0 Å². The van der Waals surface area contributed by atoms with E-state index in [1.165, 1.54) is 34.6 Å². The van der Waals surface area contributed by atoms with Crippen molar-refractivity contribution < 1.29 is 14.3 Å². The van der Waals surface area contributed by atoms with Crippen LogP contribution in [0, 0.1) is 0 Å². The van der Waals surface area contributed by atoms with Crippen LogP contribution in [-0.4, -0.2) is 40.8 Å². The first-order valence-corrected chi connectivity index (χ1v) is 11.9. The number of nitrogens with zero attached hydrogens (tertiary/aromatic N) is 2. The lowest BCUT2D eigenvalue weighted by Gasteiger charge is -2.13. The second-order valence-electron chi connectivity index (χ2n) is 7.98. The lowest BCUT2D eigenvalue weighted by molar-refractivity contribution is -0.140. The normalized spacial score (nSPS) is 11.0. The van der Waals surface area contributed by atoms with Gasteiger partial charge in [0.15, 0.2) is 5.16 Å². The minimum atomic E-state index is -0.412. The molecule has 0 spiro atoms. The molecule has 3 aromatic rings. The molecule has 0 aliphatic carbocycles. The average molecular weight is 468 g/mol. The Morgan fingerprint density at radius 2 is 1.85 bits per heavy atom. The van der Waals surface area contributed by atoms with Crippen molar-refractivity contribution in [3.05, 3.63) is 70.0 Å². The molecule has 8 heteroatoms. The summed E-state index contributed by atoms with van der Waals surface area (Å²) < 4.78 is 6.13. The maximum Gasteiger partial charge on any atom is 0.307 e. The van der Waals surface area contributed by atoms with Crippen LogP contribution in [0.4, 0.5) is 0 Å². The molecule has 3 rings (SSSR count). The Bertz CT molecular complexity index is 1170. The summed E-state index contributed by atoms with van der Waals surface area (Å²) in [6, 6.07) is 15.5. The molecule has 33 heavy (non-hydrogen) atoms. The summed E-state index contributed by atoms with van der Waals surface area (Å²) >= 11 is 1.18. The van der Waals surface area contributed by atoms with E-state index in [-0.39, 0.29) is 30.2 Å². The zero-order chi connectivity index (χ0) is 23.8. The fourth-order valence-electron chi connectivity index (χ4n) is 3.36. The summed E-state index contributed by atoms with van der Waals surface area (Å²) in [6.07, 6.45) is 0.790. The Morgan fingerprint density at radius 1 is 1.12 bits per heavy atom. The number of esters is 1. The van der Waals surface area contributed by atoms with E-state index in [1.807, 2.05) is 6.07 Å². The van der Waals surface area contributed by atoms with Crippen LogP contribution < -0.4 is 10.9 Å². The van der Waals surface area contributed by atoms with Crippen LogP contribution >= 0.6 is 11.8 Å². The fourth-order valence-corrected chi connectivity index (χ4v) is 4.21.